The van der Waals surface area contributed by atoms with Crippen molar-refractivity contribution < 1.29 is 9.53 Å². The molecule has 0 radical (unpaired) electrons. The van der Waals surface area contributed by atoms with Crippen molar-refractivity contribution >= 4 is 17.2 Å². The molecule has 3 rings (SSSR count). The smallest absolute Gasteiger partial charge is 0.261 e. The summed E-state index contributed by atoms with van der Waals surface area (Å²) in [5.74, 6) is 0.680. The first-order valence-corrected chi connectivity index (χ1v) is 7.88. The molecule has 1 aliphatic rings. The van der Waals surface area contributed by atoms with Crippen molar-refractivity contribution in [1.82, 2.24) is 10.6 Å². The van der Waals surface area contributed by atoms with Crippen LogP contribution in [0.3, 0.4) is 0 Å². The van der Waals surface area contributed by atoms with Crippen molar-refractivity contribution in [3.05, 3.63) is 51.7 Å². The molecule has 110 valence electrons. The van der Waals surface area contributed by atoms with Gasteiger partial charge in [0.05, 0.1) is 12.0 Å². The Kier molecular flexibility index (Phi) is 4.22. The van der Waals surface area contributed by atoms with Gasteiger partial charge < -0.3 is 15.4 Å². The highest BCUT2D eigenvalue weighted by Crippen LogP contribution is 2.23. The highest BCUT2D eigenvalue weighted by molar-refractivity contribution is 7.12. The number of rotatable bonds is 4. The number of carbonyl (C=O) groups is 1. The Morgan fingerprint density at radius 1 is 1.48 bits per heavy atom. The summed E-state index contributed by atoms with van der Waals surface area (Å²) in [7, 11) is 1.60. The van der Waals surface area contributed by atoms with Gasteiger partial charge in [0.2, 0.25) is 0 Å². The molecule has 1 aliphatic heterocycles. The second-order valence-electron chi connectivity index (χ2n) is 5.02. The summed E-state index contributed by atoms with van der Waals surface area (Å²) in [6.07, 6.45) is 1.04. The third-order valence-electron chi connectivity index (χ3n) is 3.72. The number of nitrogens with one attached hydrogen (secondary N) is 2. The fourth-order valence-electron chi connectivity index (χ4n) is 2.60. The molecule has 1 amide bonds. The molecular weight excluding hydrogens is 284 g/mol. The van der Waals surface area contributed by atoms with E-state index in [0.29, 0.717) is 11.4 Å². The van der Waals surface area contributed by atoms with Gasteiger partial charge in [-0.15, -0.1) is 11.3 Å². The van der Waals surface area contributed by atoms with Crippen LogP contribution in [0.15, 0.2) is 35.7 Å². The lowest BCUT2D eigenvalue weighted by Crippen LogP contribution is -2.38. The number of hydrogen-bond donors (Lipinski definition) is 2. The normalized spacial score (nSPS) is 17.1. The maximum atomic E-state index is 12.1. The average molecular weight is 302 g/mol. The van der Waals surface area contributed by atoms with Crippen LogP contribution in [0.2, 0.25) is 0 Å². The van der Waals surface area contributed by atoms with E-state index in [9.17, 15) is 4.79 Å². The summed E-state index contributed by atoms with van der Waals surface area (Å²) < 4.78 is 5.10. The van der Waals surface area contributed by atoms with Crippen molar-refractivity contribution in [1.29, 1.82) is 0 Å². The lowest BCUT2D eigenvalue weighted by atomic mass is 9.94. The fourth-order valence-corrected chi connectivity index (χ4v) is 3.37. The molecule has 0 spiro atoms. The van der Waals surface area contributed by atoms with Gasteiger partial charge in [0.25, 0.3) is 5.91 Å². The maximum absolute atomic E-state index is 12.1. The Hall–Kier alpha value is -1.85. The number of hydrogen-bond acceptors (Lipinski definition) is 4. The molecule has 1 unspecified atom stereocenters. The van der Waals surface area contributed by atoms with Gasteiger partial charge in [-0.05, 0) is 24.1 Å². The van der Waals surface area contributed by atoms with Crippen molar-refractivity contribution in [2.24, 2.45) is 0 Å². The third-order valence-corrected chi connectivity index (χ3v) is 4.62. The highest BCUT2D eigenvalue weighted by atomic mass is 32.1. The van der Waals surface area contributed by atoms with E-state index in [4.69, 9.17) is 4.74 Å². The van der Waals surface area contributed by atoms with E-state index in [1.165, 1.54) is 22.5 Å². The average Bonchev–Trinajstić information content (AvgIpc) is 3.01. The molecule has 2 aromatic rings. The number of thiophene rings is 1. The first kappa shape index (κ1) is 14.1. The molecule has 2 N–H and O–H groups in total. The Balaban J connectivity index is 1.64. The van der Waals surface area contributed by atoms with Gasteiger partial charge in [0, 0.05) is 24.0 Å². The van der Waals surface area contributed by atoms with Gasteiger partial charge in [-0.1, -0.05) is 24.3 Å². The largest absolute Gasteiger partial charge is 0.496 e. The van der Waals surface area contributed by atoms with E-state index < -0.39 is 0 Å². The first-order chi connectivity index (χ1) is 10.3. The van der Waals surface area contributed by atoms with Crippen molar-refractivity contribution in [3.63, 3.8) is 0 Å². The number of ether oxygens (including phenoxy) is 1. The van der Waals surface area contributed by atoms with Crippen LogP contribution in [0, 0.1) is 0 Å². The van der Waals surface area contributed by atoms with Crippen molar-refractivity contribution in [3.8, 4) is 5.75 Å². The van der Waals surface area contributed by atoms with Crippen LogP contribution in [0.1, 0.15) is 26.8 Å². The van der Waals surface area contributed by atoms with Crippen LogP contribution in [0.4, 0.5) is 0 Å². The summed E-state index contributed by atoms with van der Waals surface area (Å²) in [6.45, 7) is 1.54. The molecule has 0 aliphatic carbocycles. The summed E-state index contributed by atoms with van der Waals surface area (Å²) >= 11 is 1.40. The van der Waals surface area contributed by atoms with Gasteiger partial charge in [0.15, 0.2) is 0 Å². The monoisotopic (exact) mass is 302 g/mol. The Labute approximate surface area is 128 Å². The number of amides is 1. The molecule has 2 heterocycles. The third kappa shape index (κ3) is 3.09. The minimum atomic E-state index is -0.0480. The second-order valence-corrected chi connectivity index (χ2v) is 5.93. The molecule has 0 saturated heterocycles. The zero-order chi connectivity index (χ0) is 14.7. The SMILES string of the molecule is COc1csc(C(=O)NCC2NCCc3ccccc32)c1. The van der Waals surface area contributed by atoms with Gasteiger partial charge in [-0.25, -0.2) is 0 Å². The predicted octanol–water partition coefficient (Wildman–Crippen LogP) is 2.37. The zero-order valence-corrected chi connectivity index (χ0v) is 12.7. The van der Waals surface area contributed by atoms with E-state index in [0.717, 1.165) is 18.7 Å². The maximum Gasteiger partial charge on any atom is 0.261 e. The first-order valence-electron chi connectivity index (χ1n) is 7.00. The molecule has 0 fully saturated rings. The Morgan fingerprint density at radius 2 is 2.33 bits per heavy atom. The molecule has 4 nitrogen and oxygen atoms in total. The molecule has 0 bridgehead atoms. The van der Waals surface area contributed by atoms with Crippen LogP contribution < -0.4 is 15.4 Å². The van der Waals surface area contributed by atoms with Crippen LogP contribution in [-0.4, -0.2) is 26.1 Å². The van der Waals surface area contributed by atoms with Crippen LogP contribution >= 0.6 is 11.3 Å². The Bertz CT molecular complexity index is 639. The lowest BCUT2D eigenvalue weighted by Gasteiger charge is -2.27. The van der Waals surface area contributed by atoms with E-state index in [1.807, 2.05) is 11.4 Å². The molecule has 0 saturated carbocycles. The van der Waals surface area contributed by atoms with Gasteiger partial charge in [0.1, 0.15) is 5.75 Å². The lowest BCUT2D eigenvalue weighted by molar-refractivity contribution is 0.0953. The van der Waals surface area contributed by atoms with Gasteiger partial charge in [-0.3, -0.25) is 4.79 Å². The number of methoxy groups -OCH3 is 1. The molecule has 1 atom stereocenters. The summed E-state index contributed by atoms with van der Waals surface area (Å²) in [6, 6.07) is 10.4. The molecular formula is C16H18N2O2S. The number of carbonyl (C=O) groups excluding carboxylic acids is 1. The number of fused-ring (bicyclic) bond motifs is 1. The zero-order valence-electron chi connectivity index (χ0n) is 11.9. The summed E-state index contributed by atoms with van der Waals surface area (Å²) in [5, 5.41) is 8.30. The quantitative estimate of drug-likeness (QED) is 0.911. The van der Waals surface area contributed by atoms with E-state index in [-0.39, 0.29) is 11.9 Å². The van der Waals surface area contributed by atoms with Crippen LogP contribution in [0.25, 0.3) is 0 Å². The van der Waals surface area contributed by atoms with E-state index >= 15 is 0 Å². The van der Waals surface area contributed by atoms with Crippen molar-refractivity contribution in [2.75, 3.05) is 20.2 Å². The van der Waals surface area contributed by atoms with Gasteiger partial charge >= 0.3 is 0 Å². The minimum Gasteiger partial charge on any atom is -0.496 e. The highest BCUT2D eigenvalue weighted by Gasteiger charge is 2.20. The summed E-state index contributed by atoms with van der Waals surface area (Å²) in [4.78, 5) is 12.8. The molecule has 21 heavy (non-hydrogen) atoms. The van der Waals surface area contributed by atoms with Gasteiger partial charge in [-0.2, -0.15) is 0 Å². The fraction of sp³-hybridized carbons (Fsp3) is 0.312. The number of benzene rings is 1. The predicted molar refractivity (Wildman–Crippen MR) is 84.1 cm³/mol. The van der Waals surface area contributed by atoms with E-state index in [2.05, 4.69) is 28.8 Å². The summed E-state index contributed by atoms with van der Waals surface area (Å²) in [5.41, 5.74) is 2.65. The minimum absolute atomic E-state index is 0.0480. The Morgan fingerprint density at radius 3 is 3.14 bits per heavy atom. The van der Waals surface area contributed by atoms with Crippen molar-refractivity contribution in [2.45, 2.75) is 12.5 Å². The van der Waals surface area contributed by atoms with Crippen LogP contribution in [-0.2, 0) is 6.42 Å². The molecule has 1 aromatic carbocycles. The molecule has 1 aromatic heterocycles. The van der Waals surface area contributed by atoms with Crippen LogP contribution in [0.5, 0.6) is 5.75 Å². The second kappa shape index (κ2) is 6.28. The topological polar surface area (TPSA) is 50.4 Å². The standard InChI is InChI=1S/C16H18N2O2S/c1-20-12-8-15(21-10-12)16(19)18-9-14-13-5-3-2-4-11(13)6-7-17-14/h2-5,8,10,14,17H,6-7,9H2,1H3,(H,18,19). The molecule has 5 heteroatoms. The van der Waals surface area contributed by atoms with E-state index in [1.54, 1.807) is 13.2 Å².